The topological polar surface area (TPSA) is 140 Å². The summed E-state index contributed by atoms with van der Waals surface area (Å²) in [5, 5.41) is 27.0. The molecule has 0 aliphatic heterocycles. The van der Waals surface area contributed by atoms with Crippen LogP contribution in [0.1, 0.15) is 49.4 Å². The standard InChI is InChI=1S/C25H32N4O5/c1-16(30)23(25(33)29-34)28-24(32)19-9-7-17(8-10-19)18-11-13-21(14-12-18)27-22(31)15-26-20-5-3-2-4-6-20/h7-14,16,20,23,26,30,34H,2-6,15H2,1H3,(H,27,31)(H,28,32)(H,29,33)/t16-,23+/m1/s1. The Morgan fingerprint density at radius 2 is 1.53 bits per heavy atom. The number of carbonyl (C=O) groups is 3. The van der Waals surface area contributed by atoms with Gasteiger partial charge in [0, 0.05) is 17.3 Å². The van der Waals surface area contributed by atoms with Crippen molar-refractivity contribution in [2.45, 2.75) is 57.2 Å². The maximum Gasteiger partial charge on any atom is 0.268 e. The number of hydroxylamine groups is 1. The van der Waals surface area contributed by atoms with E-state index in [1.807, 2.05) is 24.3 Å². The van der Waals surface area contributed by atoms with Crippen LogP contribution in [0.5, 0.6) is 0 Å². The van der Waals surface area contributed by atoms with Crippen LogP contribution in [0, 0.1) is 0 Å². The van der Waals surface area contributed by atoms with Gasteiger partial charge in [-0.25, -0.2) is 5.48 Å². The molecule has 0 spiro atoms. The van der Waals surface area contributed by atoms with Crippen LogP contribution in [-0.2, 0) is 9.59 Å². The summed E-state index contributed by atoms with van der Waals surface area (Å²) in [6.45, 7) is 1.63. The third kappa shape index (κ3) is 7.11. The van der Waals surface area contributed by atoms with Crippen molar-refractivity contribution in [3.8, 4) is 11.1 Å². The Morgan fingerprint density at radius 1 is 0.941 bits per heavy atom. The van der Waals surface area contributed by atoms with Crippen LogP contribution in [0.4, 0.5) is 5.69 Å². The summed E-state index contributed by atoms with van der Waals surface area (Å²) < 4.78 is 0. The molecule has 2 aromatic carbocycles. The SMILES string of the molecule is C[C@@H](O)[C@H](NC(=O)c1ccc(-c2ccc(NC(=O)CNC3CCCCC3)cc2)cc1)C(=O)NO. The van der Waals surface area contributed by atoms with Crippen LogP contribution < -0.4 is 21.4 Å². The molecule has 34 heavy (non-hydrogen) atoms. The van der Waals surface area contributed by atoms with Crippen LogP contribution in [0.3, 0.4) is 0 Å². The summed E-state index contributed by atoms with van der Waals surface area (Å²) in [5.74, 6) is -1.53. The molecule has 3 rings (SSSR count). The fourth-order valence-electron chi connectivity index (χ4n) is 4.01. The maximum atomic E-state index is 12.4. The Balaban J connectivity index is 1.54. The molecule has 0 aromatic heterocycles. The minimum Gasteiger partial charge on any atom is -0.391 e. The molecule has 182 valence electrons. The lowest BCUT2D eigenvalue weighted by Gasteiger charge is -2.22. The quantitative estimate of drug-likeness (QED) is 0.246. The number of anilines is 1. The molecule has 3 amide bonds. The van der Waals surface area contributed by atoms with Gasteiger partial charge < -0.3 is 21.1 Å². The number of aliphatic hydroxyl groups is 1. The zero-order valence-electron chi connectivity index (χ0n) is 19.2. The van der Waals surface area contributed by atoms with Gasteiger partial charge >= 0.3 is 0 Å². The maximum absolute atomic E-state index is 12.4. The molecule has 0 bridgehead atoms. The second kappa shape index (κ2) is 12.3. The number of amides is 3. The summed E-state index contributed by atoms with van der Waals surface area (Å²) >= 11 is 0. The lowest BCUT2D eigenvalue weighted by Crippen LogP contribution is -2.51. The Morgan fingerprint density at radius 3 is 2.09 bits per heavy atom. The fraction of sp³-hybridized carbons (Fsp3) is 0.400. The van der Waals surface area contributed by atoms with E-state index in [4.69, 9.17) is 5.21 Å². The van der Waals surface area contributed by atoms with E-state index in [1.54, 1.807) is 24.3 Å². The predicted molar refractivity (Wildman–Crippen MR) is 128 cm³/mol. The number of hydrogen-bond donors (Lipinski definition) is 6. The van der Waals surface area contributed by atoms with Gasteiger partial charge in [0.05, 0.1) is 12.6 Å². The van der Waals surface area contributed by atoms with E-state index in [1.165, 1.54) is 31.7 Å². The minimum atomic E-state index is -1.28. The monoisotopic (exact) mass is 468 g/mol. The Kier molecular flexibility index (Phi) is 9.15. The summed E-state index contributed by atoms with van der Waals surface area (Å²) in [4.78, 5) is 36.2. The third-order valence-corrected chi connectivity index (χ3v) is 5.97. The largest absolute Gasteiger partial charge is 0.391 e. The highest BCUT2D eigenvalue weighted by Crippen LogP contribution is 2.22. The molecule has 6 N–H and O–H groups in total. The molecule has 9 heteroatoms. The van der Waals surface area contributed by atoms with E-state index in [9.17, 15) is 19.5 Å². The first kappa shape index (κ1) is 25.4. The highest BCUT2D eigenvalue weighted by atomic mass is 16.5. The van der Waals surface area contributed by atoms with Gasteiger partial charge in [-0.2, -0.15) is 0 Å². The number of rotatable bonds is 9. The smallest absolute Gasteiger partial charge is 0.268 e. The van der Waals surface area contributed by atoms with Crippen LogP contribution in [0.25, 0.3) is 11.1 Å². The number of nitrogens with one attached hydrogen (secondary N) is 4. The van der Waals surface area contributed by atoms with Gasteiger partial charge in [0.2, 0.25) is 5.91 Å². The van der Waals surface area contributed by atoms with E-state index in [-0.39, 0.29) is 5.91 Å². The molecule has 0 saturated heterocycles. The van der Waals surface area contributed by atoms with Crippen LogP contribution in [0.15, 0.2) is 48.5 Å². The van der Waals surface area contributed by atoms with Crippen LogP contribution >= 0.6 is 0 Å². The summed E-state index contributed by atoms with van der Waals surface area (Å²) in [5.41, 5.74) is 4.22. The van der Waals surface area contributed by atoms with Gasteiger partial charge in [-0.05, 0) is 55.2 Å². The van der Waals surface area contributed by atoms with Gasteiger partial charge in [0.25, 0.3) is 11.8 Å². The van der Waals surface area contributed by atoms with E-state index < -0.39 is 24.0 Å². The van der Waals surface area contributed by atoms with E-state index in [0.717, 1.165) is 24.0 Å². The minimum absolute atomic E-state index is 0.0703. The third-order valence-electron chi connectivity index (χ3n) is 5.97. The van der Waals surface area contributed by atoms with Crippen molar-refractivity contribution in [1.29, 1.82) is 0 Å². The first-order chi connectivity index (χ1) is 16.4. The Bertz CT molecular complexity index is 970. The zero-order chi connectivity index (χ0) is 24.5. The average molecular weight is 469 g/mol. The molecule has 9 nitrogen and oxygen atoms in total. The summed E-state index contributed by atoms with van der Waals surface area (Å²) in [6, 6.07) is 13.3. The molecule has 1 aliphatic carbocycles. The van der Waals surface area contributed by atoms with Crippen LogP contribution in [0.2, 0.25) is 0 Å². The highest BCUT2D eigenvalue weighted by Gasteiger charge is 2.25. The van der Waals surface area contributed by atoms with Gasteiger partial charge in [0.1, 0.15) is 6.04 Å². The summed E-state index contributed by atoms with van der Waals surface area (Å²) in [6.07, 6.45) is 4.78. The van der Waals surface area contributed by atoms with E-state index >= 15 is 0 Å². The van der Waals surface area contributed by atoms with Crippen molar-refractivity contribution in [2.75, 3.05) is 11.9 Å². The van der Waals surface area contributed by atoms with Gasteiger partial charge in [-0.1, -0.05) is 43.5 Å². The van der Waals surface area contributed by atoms with Crippen molar-refractivity contribution in [3.05, 3.63) is 54.1 Å². The van der Waals surface area contributed by atoms with Crippen molar-refractivity contribution in [1.82, 2.24) is 16.1 Å². The molecule has 1 fully saturated rings. The molecule has 2 atom stereocenters. The predicted octanol–water partition coefficient (Wildman–Crippen LogP) is 2.20. The normalized spacial score (nSPS) is 15.7. The molecule has 0 unspecified atom stereocenters. The molecular formula is C25H32N4O5. The highest BCUT2D eigenvalue weighted by molar-refractivity contribution is 5.98. The van der Waals surface area contributed by atoms with Crippen LogP contribution in [-0.4, -0.2) is 52.8 Å². The first-order valence-electron chi connectivity index (χ1n) is 11.5. The zero-order valence-corrected chi connectivity index (χ0v) is 19.2. The second-order valence-electron chi connectivity index (χ2n) is 8.59. The summed E-state index contributed by atoms with van der Waals surface area (Å²) in [7, 11) is 0. The average Bonchev–Trinajstić information content (AvgIpc) is 2.86. The number of hydrogen-bond acceptors (Lipinski definition) is 6. The van der Waals surface area contributed by atoms with Gasteiger partial charge in [-0.3, -0.25) is 19.6 Å². The fourth-order valence-corrected chi connectivity index (χ4v) is 4.01. The molecule has 1 aliphatic rings. The Hall–Kier alpha value is -3.27. The van der Waals surface area contributed by atoms with Crippen molar-refractivity contribution < 1.29 is 24.7 Å². The van der Waals surface area contributed by atoms with Gasteiger partial charge in [-0.15, -0.1) is 0 Å². The Labute approximate surface area is 198 Å². The van der Waals surface area contributed by atoms with Crippen molar-refractivity contribution >= 4 is 23.4 Å². The molecular weight excluding hydrogens is 436 g/mol. The van der Waals surface area contributed by atoms with E-state index in [0.29, 0.717) is 23.8 Å². The molecule has 1 saturated carbocycles. The lowest BCUT2D eigenvalue weighted by molar-refractivity contribution is -0.133. The second-order valence-corrected chi connectivity index (χ2v) is 8.59. The van der Waals surface area contributed by atoms with Crippen molar-refractivity contribution in [3.63, 3.8) is 0 Å². The molecule has 0 radical (unpaired) electrons. The lowest BCUT2D eigenvalue weighted by atomic mass is 9.95. The van der Waals surface area contributed by atoms with Gasteiger partial charge in [0.15, 0.2) is 0 Å². The number of carbonyl (C=O) groups excluding carboxylic acids is 3. The molecule has 0 heterocycles. The first-order valence-corrected chi connectivity index (χ1v) is 11.5. The number of aliphatic hydroxyl groups excluding tert-OH is 1. The van der Waals surface area contributed by atoms with E-state index in [2.05, 4.69) is 16.0 Å². The van der Waals surface area contributed by atoms with Crippen molar-refractivity contribution in [2.24, 2.45) is 0 Å². The number of benzene rings is 2. The molecule has 2 aromatic rings.